The van der Waals surface area contributed by atoms with E-state index in [9.17, 15) is 5.11 Å². The van der Waals surface area contributed by atoms with Crippen LogP contribution in [0.5, 0.6) is 5.75 Å². The van der Waals surface area contributed by atoms with Gasteiger partial charge >= 0.3 is 0 Å². The molecule has 0 aliphatic carbocycles. The molecule has 2 aromatic rings. The van der Waals surface area contributed by atoms with Gasteiger partial charge in [-0.25, -0.2) is 0 Å². The smallest absolute Gasteiger partial charge is 0.123 e. The molecule has 0 atom stereocenters. The topological polar surface area (TPSA) is 45.6 Å². The summed E-state index contributed by atoms with van der Waals surface area (Å²) in [5.74, 6) is 0.884. The molecule has 0 aliphatic rings. The molecule has 0 amide bonds. The summed E-state index contributed by atoms with van der Waals surface area (Å²) in [6.45, 7) is 2.33. The van der Waals surface area contributed by atoms with E-state index in [0.717, 1.165) is 24.4 Å². The Labute approximate surface area is 117 Å². The van der Waals surface area contributed by atoms with Gasteiger partial charge in [-0.1, -0.05) is 18.2 Å². The lowest BCUT2D eigenvalue weighted by molar-refractivity contribution is 0.184. The van der Waals surface area contributed by atoms with E-state index in [-0.39, 0.29) is 6.61 Å². The predicted octanol–water partition coefficient (Wildman–Crippen LogP) is 2.15. The number of aliphatic hydroxyl groups is 1. The Morgan fingerprint density at radius 3 is 2.84 bits per heavy atom. The highest BCUT2D eigenvalue weighted by Gasteiger charge is 2.10. The number of hydrogen-bond donors (Lipinski definition) is 1. The maximum absolute atomic E-state index is 9.18. The first-order valence-electron chi connectivity index (χ1n) is 6.16. The molecule has 0 saturated carbocycles. The first-order valence-corrected chi connectivity index (χ1v) is 7.04. The van der Waals surface area contributed by atoms with Crippen molar-refractivity contribution in [1.82, 2.24) is 9.88 Å². The summed E-state index contributed by atoms with van der Waals surface area (Å²) >= 11 is 1.63. The Bertz CT molecular complexity index is 488. The Hall–Kier alpha value is -1.43. The molecule has 1 N–H and O–H groups in total. The van der Waals surface area contributed by atoms with Crippen LogP contribution in [0.15, 0.2) is 36.0 Å². The molecule has 0 fully saturated rings. The first kappa shape index (κ1) is 14.0. The molecule has 2 rings (SSSR count). The average molecular weight is 278 g/mol. The largest absolute Gasteiger partial charge is 0.496 e. The summed E-state index contributed by atoms with van der Waals surface area (Å²) in [4.78, 5) is 7.46. The molecule has 5 heteroatoms. The summed E-state index contributed by atoms with van der Waals surface area (Å²) in [6, 6.07) is 7.97. The van der Waals surface area contributed by atoms with Gasteiger partial charge in [-0.15, -0.1) is 11.3 Å². The van der Waals surface area contributed by atoms with Gasteiger partial charge in [-0.05, 0) is 6.07 Å². The number of methoxy groups -OCH3 is 1. The Morgan fingerprint density at radius 2 is 2.16 bits per heavy atom. The van der Waals surface area contributed by atoms with Crippen LogP contribution in [0, 0.1) is 0 Å². The van der Waals surface area contributed by atoms with Crippen LogP contribution >= 0.6 is 11.3 Å². The summed E-state index contributed by atoms with van der Waals surface area (Å²) in [5, 5.41) is 9.18. The molecule has 0 aliphatic heterocycles. The molecule has 102 valence electrons. The van der Waals surface area contributed by atoms with Gasteiger partial charge in [0, 0.05) is 36.3 Å². The van der Waals surface area contributed by atoms with Crippen molar-refractivity contribution in [1.29, 1.82) is 0 Å². The molecule has 0 saturated heterocycles. The molecular formula is C14H18N2O2S. The summed E-state index contributed by atoms with van der Waals surface area (Å²) in [6.07, 6.45) is 1.87. The van der Waals surface area contributed by atoms with Gasteiger partial charge in [0.1, 0.15) is 5.75 Å². The van der Waals surface area contributed by atoms with Crippen LogP contribution in [0.3, 0.4) is 0 Å². The fourth-order valence-electron chi connectivity index (χ4n) is 1.97. The lowest BCUT2D eigenvalue weighted by Gasteiger charge is -2.21. The lowest BCUT2D eigenvalue weighted by Crippen LogP contribution is -2.25. The number of aromatic nitrogens is 1. The van der Waals surface area contributed by atoms with E-state index in [1.54, 1.807) is 18.4 Å². The monoisotopic (exact) mass is 278 g/mol. The molecule has 1 aromatic carbocycles. The van der Waals surface area contributed by atoms with E-state index in [2.05, 4.69) is 16.0 Å². The third-order valence-corrected chi connectivity index (χ3v) is 3.63. The zero-order valence-electron chi connectivity index (χ0n) is 11.0. The SMILES string of the molecule is COc1ccccc1CN(CCO)Cc1cncs1. The van der Waals surface area contributed by atoms with E-state index < -0.39 is 0 Å². The number of para-hydroxylation sites is 1. The van der Waals surface area contributed by atoms with Gasteiger partial charge in [0.15, 0.2) is 0 Å². The van der Waals surface area contributed by atoms with Crippen LogP contribution < -0.4 is 4.74 Å². The number of nitrogens with zero attached hydrogens (tertiary/aromatic N) is 2. The van der Waals surface area contributed by atoms with Crippen LogP contribution in [-0.4, -0.2) is 35.3 Å². The summed E-state index contributed by atoms with van der Waals surface area (Å²) in [5.41, 5.74) is 2.96. The summed E-state index contributed by atoms with van der Waals surface area (Å²) < 4.78 is 5.36. The molecule has 1 aromatic heterocycles. The van der Waals surface area contributed by atoms with Crippen molar-refractivity contribution in [3.63, 3.8) is 0 Å². The number of rotatable bonds is 7. The van der Waals surface area contributed by atoms with Gasteiger partial charge < -0.3 is 9.84 Å². The van der Waals surface area contributed by atoms with Crippen LogP contribution in [0.4, 0.5) is 0 Å². The lowest BCUT2D eigenvalue weighted by atomic mass is 10.2. The van der Waals surface area contributed by atoms with E-state index in [0.29, 0.717) is 6.54 Å². The zero-order chi connectivity index (χ0) is 13.5. The van der Waals surface area contributed by atoms with Crippen molar-refractivity contribution in [3.05, 3.63) is 46.4 Å². The highest BCUT2D eigenvalue weighted by Crippen LogP contribution is 2.20. The number of ether oxygens (including phenoxy) is 1. The van der Waals surface area contributed by atoms with Gasteiger partial charge in [0.25, 0.3) is 0 Å². The zero-order valence-corrected chi connectivity index (χ0v) is 11.8. The van der Waals surface area contributed by atoms with E-state index >= 15 is 0 Å². The van der Waals surface area contributed by atoms with Gasteiger partial charge in [-0.3, -0.25) is 9.88 Å². The predicted molar refractivity (Wildman–Crippen MR) is 76.3 cm³/mol. The van der Waals surface area contributed by atoms with E-state index in [4.69, 9.17) is 4.74 Å². The molecule has 0 radical (unpaired) electrons. The van der Waals surface area contributed by atoms with Crippen LogP contribution in [-0.2, 0) is 13.1 Å². The fourth-order valence-corrected chi connectivity index (χ4v) is 2.61. The highest BCUT2D eigenvalue weighted by atomic mass is 32.1. The second kappa shape index (κ2) is 7.23. The highest BCUT2D eigenvalue weighted by molar-refractivity contribution is 7.09. The van der Waals surface area contributed by atoms with Crippen molar-refractivity contribution in [2.24, 2.45) is 0 Å². The number of benzene rings is 1. The third-order valence-electron chi connectivity index (χ3n) is 2.87. The van der Waals surface area contributed by atoms with Gasteiger partial charge in [0.05, 0.1) is 19.2 Å². The number of aliphatic hydroxyl groups excluding tert-OH is 1. The van der Waals surface area contributed by atoms with E-state index in [1.807, 2.05) is 29.9 Å². The Kier molecular flexibility index (Phi) is 5.32. The molecule has 0 bridgehead atoms. The first-order chi connectivity index (χ1) is 9.33. The Balaban J connectivity index is 2.07. The fraction of sp³-hybridized carbons (Fsp3) is 0.357. The van der Waals surface area contributed by atoms with Crippen molar-refractivity contribution in [2.45, 2.75) is 13.1 Å². The minimum atomic E-state index is 0.147. The molecule has 0 unspecified atom stereocenters. The quantitative estimate of drug-likeness (QED) is 0.843. The maximum Gasteiger partial charge on any atom is 0.123 e. The van der Waals surface area contributed by atoms with Crippen molar-refractivity contribution < 1.29 is 9.84 Å². The van der Waals surface area contributed by atoms with Gasteiger partial charge in [-0.2, -0.15) is 0 Å². The molecule has 19 heavy (non-hydrogen) atoms. The van der Waals surface area contributed by atoms with Crippen LogP contribution in [0.1, 0.15) is 10.4 Å². The Morgan fingerprint density at radius 1 is 1.32 bits per heavy atom. The minimum Gasteiger partial charge on any atom is -0.496 e. The second-order valence-electron chi connectivity index (χ2n) is 4.21. The molecule has 4 nitrogen and oxygen atoms in total. The normalized spacial score (nSPS) is 10.9. The average Bonchev–Trinajstić information content (AvgIpc) is 2.92. The van der Waals surface area contributed by atoms with Crippen LogP contribution in [0.25, 0.3) is 0 Å². The number of hydrogen-bond acceptors (Lipinski definition) is 5. The van der Waals surface area contributed by atoms with Gasteiger partial charge in [0.2, 0.25) is 0 Å². The molecule has 1 heterocycles. The number of thiazole rings is 1. The minimum absolute atomic E-state index is 0.147. The molecule has 0 spiro atoms. The maximum atomic E-state index is 9.18. The van der Waals surface area contributed by atoms with Crippen molar-refractivity contribution >= 4 is 11.3 Å². The second-order valence-corrected chi connectivity index (χ2v) is 5.18. The van der Waals surface area contributed by atoms with Crippen molar-refractivity contribution in [3.8, 4) is 5.75 Å². The third kappa shape index (κ3) is 4.02. The summed E-state index contributed by atoms with van der Waals surface area (Å²) in [7, 11) is 1.68. The molecular weight excluding hydrogens is 260 g/mol. The van der Waals surface area contributed by atoms with Crippen LogP contribution in [0.2, 0.25) is 0 Å². The van der Waals surface area contributed by atoms with E-state index in [1.165, 1.54) is 4.88 Å². The van der Waals surface area contributed by atoms with Crippen molar-refractivity contribution in [2.75, 3.05) is 20.3 Å². The standard InChI is InChI=1S/C14H18N2O2S/c1-18-14-5-3-2-4-12(14)9-16(6-7-17)10-13-8-15-11-19-13/h2-5,8,11,17H,6-7,9-10H2,1H3.